The monoisotopic (exact) mass is 265 g/mol. The van der Waals surface area contributed by atoms with Crippen LogP contribution in [0.3, 0.4) is 0 Å². The zero-order valence-corrected chi connectivity index (χ0v) is 11.4. The smallest absolute Gasteiger partial charge is 0.257 e. The lowest BCUT2D eigenvalue weighted by Crippen LogP contribution is -2.34. The highest BCUT2D eigenvalue weighted by Gasteiger charge is 2.33. The molecule has 0 bridgehead atoms. The van der Waals surface area contributed by atoms with Gasteiger partial charge in [-0.05, 0) is 25.3 Å². The van der Waals surface area contributed by atoms with Crippen LogP contribution in [0.2, 0.25) is 0 Å². The second-order valence-corrected chi connectivity index (χ2v) is 4.88. The Morgan fingerprint density at radius 2 is 2.32 bits per heavy atom. The molecule has 19 heavy (non-hydrogen) atoms. The minimum Gasteiger partial charge on any atom is -0.372 e. The van der Waals surface area contributed by atoms with Crippen LogP contribution in [0.25, 0.3) is 0 Å². The molecule has 1 fully saturated rings. The van der Waals surface area contributed by atoms with E-state index in [1.807, 2.05) is 4.90 Å². The molecular formula is C14H20FN3O. The number of nitrogens with zero attached hydrogens (tertiary/aromatic N) is 2. The van der Waals surface area contributed by atoms with Gasteiger partial charge in [0.05, 0.1) is 11.8 Å². The van der Waals surface area contributed by atoms with E-state index in [0.717, 1.165) is 38.4 Å². The molecule has 0 unspecified atom stereocenters. The molecule has 1 aromatic rings. The summed E-state index contributed by atoms with van der Waals surface area (Å²) in [5.41, 5.74) is 0.325. The fourth-order valence-electron chi connectivity index (χ4n) is 2.12. The van der Waals surface area contributed by atoms with Crippen LogP contribution in [0.5, 0.6) is 0 Å². The van der Waals surface area contributed by atoms with E-state index < -0.39 is 5.82 Å². The third-order valence-corrected chi connectivity index (χ3v) is 3.32. The van der Waals surface area contributed by atoms with Crippen molar-refractivity contribution < 1.29 is 9.18 Å². The van der Waals surface area contributed by atoms with Gasteiger partial charge in [-0.25, -0.2) is 9.37 Å². The number of unbranched alkanes of at least 4 members (excludes halogenated alkanes) is 1. The molecule has 1 heterocycles. The van der Waals surface area contributed by atoms with E-state index >= 15 is 0 Å². The molecule has 0 aliphatic heterocycles. The standard InChI is InChI=1S/C14H20FN3O/c1-3-4-7-18(11-5-6-11)14(19)12-8-10(15)9-17-13(12)16-2/h8-9,11H,3-7H2,1-2H3,(H,16,17). The van der Waals surface area contributed by atoms with Crippen molar-refractivity contribution in [3.05, 3.63) is 23.6 Å². The van der Waals surface area contributed by atoms with E-state index in [-0.39, 0.29) is 5.91 Å². The summed E-state index contributed by atoms with van der Waals surface area (Å²) in [5, 5.41) is 2.85. The van der Waals surface area contributed by atoms with Crippen LogP contribution in [0, 0.1) is 5.82 Å². The molecule has 4 nitrogen and oxygen atoms in total. The van der Waals surface area contributed by atoms with Crippen molar-refractivity contribution in [2.75, 3.05) is 18.9 Å². The average molecular weight is 265 g/mol. The van der Waals surface area contributed by atoms with Gasteiger partial charge >= 0.3 is 0 Å². The molecule has 1 aromatic heterocycles. The van der Waals surface area contributed by atoms with Gasteiger partial charge in [-0.3, -0.25) is 4.79 Å². The largest absolute Gasteiger partial charge is 0.372 e. The lowest BCUT2D eigenvalue weighted by atomic mass is 10.2. The van der Waals surface area contributed by atoms with Crippen LogP contribution in [-0.2, 0) is 0 Å². The Labute approximate surface area is 113 Å². The first-order valence-electron chi connectivity index (χ1n) is 6.81. The van der Waals surface area contributed by atoms with Crippen molar-refractivity contribution in [2.24, 2.45) is 0 Å². The van der Waals surface area contributed by atoms with Crippen molar-refractivity contribution in [3.63, 3.8) is 0 Å². The Morgan fingerprint density at radius 1 is 1.58 bits per heavy atom. The third kappa shape index (κ3) is 3.22. The summed E-state index contributed by atoms with van der Waals surface area (Å²) in [6, 6.07) is 1.59. The summed E-state index contributed by atoms with van der Waals surface area (Å²) >= 11 is 0. The number of rotatable bonds is 6. The summed E-state index contributed by atoms with van der Waals surface area (Å²) in [6.07, 6.45) is 5.23. The van der Waals surface area contributed by atoms with Crippen molar-refractivity contribution in [2.45, 2.75) is 38.6 Å². The van der Waals surface area contributed by atoms with Crippen molar-refractivity contribution >= 4 is 11.7 Å². The lowest BCUT2D eigenvalue weighted by molar-refractivity contribution is 0.0741. The topological polar surface area (TPSA) is 45.2 Å². The molecule has 0 radical (unpaired) electrons. The van der Waals surface area contributed by atoms with E-state index in [2.05, 4.69) is 17.2 Å². The zero-order valence-electron chi connectivity index (χ0n) is 11.4. The molecule has 1 aliphatic carbocycles. The number of hydrogen-bond acceptors (Lipinski definition) is 3. The van der Waals surface area contributed by atoms with Crippen LogP contribution >= 0.6 is 0 Å². The molecule has 0 spiro atoms. The number of aromatic nitrogens is 1. The van der Waals surface area contributed by atoms with Crippen LogP contribution in [0.15, 0.2) is 12.3 Å². The SMILES string of the molecule is CCCCN(C(=O)c1cc(F)cnc1NC)C1CC1. The highest BCUT2D eigenvalue weighted by atomic mass is 19.1. The Balaban J connectivity index is 2.22. The predicted molar refractivity (Wildman–Crippen MR) is 72.7 cm³/mol. The molecule has 0 saturated heterocycles. The number of anilines is 1. The lowest BCUT2D eigenvalue weighted by Gasteiger charge is -2.23. The number of hydrogen-bond donors (Lipinski definition) is 1. The second-order valence-electron chi connectivity index (χ2n) is 4.88. The molecular weight excluding hydrogens is 245 g/mol. The highest BCUT2D eigenvalue weighted by molar-refractivity contribution is 5.99. The number of nitrogens with one attached hydrogen (secondary N) is 1. The molecule has 1 N–H and O–H groups in total. The van der Waals surface area contributed by atoms with Crippen molar-refractivity contribution in [3.8, 4) is 0 Å². The number of amides is 1. The Hall–Kier alpha value is -1.65. The minimum atomic E-state index is -0.478. The first-order chi connectivity index (χ1) is 9.17. The second kappa shape index (κ2) is 5.99. The van der Waals surface area contributed by atoms with Crippen LogP contribution < -0.4 is 5.32 Å². The maximum atomic E-state index is 13.3. The van der Waals surface area contributed by atoms with E-state index in [9.17, 15) is 9.18 Å². The van der Waals surface area contributed by atoms with Gasteiger partial charge in [-0.1, -0.05) is 13.3 Å². The molecule has 2 rings (SSSR count). The number of halogens is 1. The fraction of sp³-hybridized carbons (Fsp3) is 0.571. The maximum Gasteiger partial charge on any atom is 0.257 e. The maximum absolute atomic E-state index is 13.3. The first kappa shape index (κ1) is 13.8. The highest BCUT2D eigenvalue weighted by Crippen LogP contribution is 2.29. The zero-order chi connectivity index (χ0) is 13.8. The van der Waals surface area contributed by atoms with Gasteiger partial charge in [0.1, 0.15) is 11.6 Å². The van der Waals surface area contributed by atoms with Crippen LogP contribution in [0.1, 0.15) is 43.0 Å². The first-order valence-corrected chi connectivity index (χ1v) is 6.81. The average Bonchev–Trinajstić information content (AvgIpc) is 3.23. The fourth-order valence-corrected chi connectivity index (χ4v) is 2.12. The minimum absolute atomic E-state index is 0.118. The number of carbonyl (C=O) groups is 1. The van der Waals surface area contributed by atoms with E-state index in [0.29, 0.717) is 17.4 Å². The molecule has 5 heteroatoms. The summed E-state index contributed by atoms with van der Waals surface area (Å²) in [7, 11) is 1.69. The van der Waals surface area contributed by atoms with Crippen molar-refractivity contribution in [1.29, 1.82) is 0 Å². The van der Waals surface area contributed by atoms with Gasteiger partial charge in [-0.15, -0.1) is 0 Å². The van der Waals surface area contributed by atoms with Gasteiger partial charge in [0.25, 0.3) is 5.91 Å². The van der Waals surface area contributed by atoms with Crippen molar-refractivity contribution in [1.82, 2.24) is 9.88 Å². The summed E-state index contributed by atoms with van der Waals surface area (Å²) in [5.74, 6) is -0.158. The van der Waals surface area contributed by atoms with Gasteiger partial charge in [-0.2, -0.15) is 0 Å². The van der Waals surface area contributed by atoms with Gasteiger partial charge in [0, 0.05) is 19.6 Å². The Morgan fingerprint density at radius 3 is 2.89 bits per heavy atom. The number of pyridine rings is 1. The number of carbonyl (C=O) groups excluding carboxylic acids is 1. The van der Waals surface area contributed by atoms with Crippen LogP contribution in [0.4, 0.5) is 10.2 Å². The summed E-state index contributed by atoms with van der Waals surface area (Å²) < 4.78 is 13.3. The van der Waals surface area contributed by atoms with Crippen LogP contribution in [-0.4, -0.2) is 35.4 Å². The quantitative estimate of drug-likeness (QED) is 0.860. The molecule has 104 valence electrons. The van der Waals surface area contributed by atoms with Gasteiger partial charge < -0.3 is 10.2 Å². The summed E-state index contributed by atoms with van der Waals surface area (Å²) in [6.45, 7) is 2.83. The van der Waals surface area contributed by atoms with E-state index in [1.165, 1.54) is 6.07 Å². The Bertz CT molecular complexity index is 460. The normalized spacial score (nSPS) is 14.3. The molecule has 1 saturated carbocycles. The van der Waals surface area contributed by atoms with E-state index in [4.69, 9.17) is 0 Å². The molecule has 1 aliphatic rings. The molecule has 0 atom stereocenters. The predicted octanol–water partition coefficient (Wildman–Crippen LogP) is 2.67. The Kier molecular flexibility index (Phi) is 4.35. The van der Waals surface area contributed by atoms with Gasteiger partial charge in [0.2, 0.25) is 0 Å². The third-order valence-electron chi connectivity index (χ3n) is 3.32. The van der Waals surface area contributed by atoms with Gasteiger partial charge in [0.15, 0.2) is 0 Å². The molecule has 0 aromatic carbocycles. The summed E-state index contributed by atoms with van der Waals surface area (Å²) in [4.78, 5) is 18.3. The van der Waals surface area contributed by atoms with E-state index in [1.54, 1.807) is 7.05 Å². The molecule has 1 amide bonds.